The maximum absolute atomic E-state index is 12.5. The molecule has 7 heteroatoms. The number of rotatable bonds is 6. The molecule has 0 aliphatic carbocycles. The summed E-state index contributed by atoms with van der Waals surface area (Å²) in [6.07, 6.45) is 3.94. The van der Waals surface area contributed by atoms with Gasteiger partial charge in [0.15, 0.2) is 0 Å². The third kappa shape index (κ3) is 4.05. The standard InChI is InChI=1S/C21H22BNO5/c24-21(11-14-7-8-18-15(10-14)4-3-9-27-18)23-20(22(25)26)12-16-13-28-19-6-2-1-5-17(16)19/h1-2,5-8,10,13,20,25-26H,3-4,9,11-12H2,(H,23,24)/t20-/m0/s1. The molecular formula is C21H22BNO5. The summed E-state index contributed by atoms with van der Waals surface area (Å²) >= 11 is 0. The summed E-state index contributed by atoms with van der Waals surface area (Å²) in [4.78, 5) is 12.5. The summed E-state index contributed by atoms with van der Waals surface area (Å²) in [5.41, 5.74) is 3.54. The topological polar surface area (TPSA) is 91.9 Å². The Morgan fingerprint density at radius 1 is 1.21 bits per heavy atom. The van der Waals surface area contributed by atoms with Gasteiger partial charge in [-0.2, -0.15) is 0 Å². The molecule has 0 spiro atoms. The highest BCUT2D eigenvalue weighted by atomic mass is 16.5. The predicted molar refractivity (Wildman–Crippen MR) is 106 cm³/mol. The molecule has 28 heavy (non-hydrogen) atoms. The molecule has 1 aromatic heterocycles. The lowest BCUT2D eigenvalue weighted by Gasteiger charge is -2.19. The van der Waals surface area contributed by atoms with Crippen molar-refractivity contribution < 1.29 is 24.0 Å². The van der Waals surface area contributed by atoms with E-state index in [4.69, 9.17) is 9.15 Å². The summed E-state index contributed by atoms with van der Waals surface area (Å²) in [5.74, 6) is -0.206. The van der Waals surface area contributed by atoms with Crippen molar-refractivity contribution in [3.63, 3.8) is 0 Å². The second-order valence-corrected chi connectivity index (χ2v) is 7.12. The minimum atomic E-state index is -1.67. The van der Waals surface area contributed by atoms with Crippen LogP contribution in [0, 0.1) is 0 Å². The molecule has 2 aromatic carbocycles. The first-order chi connectivity index (χ1) is 13.6. The fourth-order valence-electron chi connectivity index (χ4n) is 3.63. The number of para-hydroxylation sites is 1. The first-order valence-electron chi connectivity index (χ1n) is 9.45. The number of ether oxygens (including phenoxy) is 1. The highest BCUT2D eigenvalue weighted by Crippen LogP contribution is 2.26. The van der Waals surface area contributed by atoms with Crippen molar-refractivity contribution in [2.24, 2.45) is 0 Å². The smallest absolute Gasteiger partial charge is 0.475 e. The van der Waals surface area contributed by atoms with Gasteiger partial charge < -0.3 is 24.5 Å². The zero-order valence-electron chi connectivity index (χ0n) is 15.4. The molecule has 3 N–H and O–H groups in total. The van der Waals surface area contributed by atoms with Crippen LogP contribution in [0.3, 0.4) is 0 Å². The maximum atomic E-state index is 12.5. The molecule has 1 amide bonds. The number of carbonyl (C=O) groups is 1. The normalized spacial score (nSPS) is 14.2. The Labute approximate surface area is 163 Å². The Morgan fingerprint density at radius 3 is 2.93 bits per heavy atom. The lowest BCUT2D eigenvalue weighted by molar-refractivity contribution is -0.120. The molecule has 4 rings (SSSR count). The quantitative estimate of drug-likeness (QED) is 0.570. The summed E-state index contributed by atoms with van der Waals surface area (Å²) in [7, 11) is -1.67. The van der Waals surface area contributed by atoms with Crippen molar-refractivity contribution in [3.8, 4) is 5.75 Å². The number of aryl methyl sites for hydroxylation is 1. The Kier molecular flexibility index (Phi) is 5.37. The molecule has 0 saturated carbocycles. The van der Waals surface area contributed by atoms with E-state index in [0.717, 1.165) is 52.9 Å². The minimum absolute atomic E-state index is 0.169. The van der Waals surface area contributed by atoms with Crippen LogP contribution in [0.15, 0.2) is 53.1 Å². The Balaban J connectivity index is 1.43. The van der Waals surface area contributed by atoms with Crippen molar-refractivity contribution in [2.75, 3.05) is 6.61 Å². The van der Waals surface area contributed by atoms with Crippen molar-refractivity contribution >= 4 is 24.0 Å². The molecule has 0 radical (unpaired) electrons. The van der Waals surface area contributed by atoms with E-state index in [1.807, 2.05) is 42.5 Å². The number of fused-ring (bicyclic) bond motifs is 2. The Morgan fingerprint density at radius 2 is 2.07 bits per heavy atom. The maximum Gasteiger partial charge on any atom is 0.475 e. The average Bonchev–Trinajstić information content (AvgIpc) is 3.10. The van der Waals surface area contributed by atoms with Crippen LogP contribution < -0.4 is 10.1 Å². The zero-order valence-corrected chi connectivity index (χ0v) is 15.4. The van der Waals surface area contributed by atoms with Crippen molar-refractivity contribution in [1.29, 1.82) is 0 Å². The van der Waals surface area contributed by atoms with Crippen LogP contribution in [0.1, 0.15) is 23.1 Å². The summed E-state index contributed by atoms with van der Waals surface area (Å²) < 4.78 is 11.1. The number of hydrogen-bond donors (Lipinski definition) is 3. The molecule has 3 aromatic rings. The van der Waals surface area contributed by atoms with Crippen LogP contribution in [0.2, 0.25) is 0 Å². The second-order valence-electron chi connectivity index (χ2n) is 7.12. The van der Waals surface area contributed by atoms with Crippen molar-refractivity contribution in [3.05, 3.63) is 65.4 Å². The van der Waals surface area contributed by atoms with E-state index in [9.17, 15) is 14.8 Å². The van der Waals surface area contributed by atoms with Gasteiger partial charge in [0.2, 0.25) is 5.91 Å². The van der Waals surface area contributed by atoms with E-state index in [2.05, 4.69) is 5.32 Å². The van der Waals surface area contributed by atoms with E-state index in [1.165, 1.54) is 0 Å². The van der Waals surface area contributed by atoms with Crippen LogP contribution in [0.5, 0.6) is 5.75 Å². The van der Waals surface area contributed by atoms with E-state index in [-0.39, 0.29) is 18.7 Å². The summed E-state index contributed by atoms with van der Waals surface area (Å²) in [5, 5.41) is 23.1. The third-order valence-electron chi connectivity index (χ3n) is 5.04. The third-order valence-corrected chi connectivity index (χ3v) is 5.04. The van der Waals surface area contributed by atoms with Gasteiger partial charge in [-0.05, 0) is 48.1 Å². The largest absolute Gasteiger partial charge is 0.493 e. The first kappa shape index (κ1) is 18.6. The molecule has 1 aliphatic heterocycles. The molecule has 0 saturated heterocycles. The van der Waals surface area contributed by atoms with E-state index < -0.39 is 13.1 Å². The molecule has 0 fully saturated rings. The van der Waals surface area contributed by atoms with Gasteiger partial charge in [0.1, 0.15) is 11.3 Å². The van der Waals surface area contributed by atoms with Gasteiger partial charge >= 0.3 is 7.12 Å². The van der Waals surface area contributed by atoms with E-state index in [0.29, 0.717) is 0 Å². The predicted octanol–water partition coefficient (Wildman–Crippen LogP) is 2.04. The molecule has 144 valence electrons. The fourth-order valence-corrected chi connectivity index (χ4v) is 3.63. The number of carbonyl (C=O) groups excluding carboxylic acids is 1. The number of amides is 1. The molecule has 1 atom stereocenters. The van der Waals surface area contributed by atoms with Gasteiger partial charge in [0.25, 0.3) is 0 Å². The summed E-state index contributed by atoms with van der Waals surface area (Å²) in [6.45, 7) is 0.728. The van der Waals surface area contributed by atoms with Gasteiger partial charge in [-0.15, -0.1) is 0 Å². The minimum Gasteiger partial charge on any atom is -0.493 e. The number of nitrogens with one attached hydrogen (secondary N) is 1. The highest BCUT2D eigenvalue weighted by molar-refractivity contribution is 6.43. The molecule has 0 bridgehead atoms. The number of benzene rings is 2. The zero-order chi connectivity index (χ0) is 19.5. The number of furan rings is 1. The van der Waals surface area contributed by atoms with Crippen molar-refractivity contribution in [2.45, 2.75) is 31.6 Å². The Bertz CT molecular complexity index is 984. The van der Waals surface area contributed by atoms with Crippen LogP contribution in [-0.2, 0) is 24.1 Å². The van der Waals surface area contributed by atoms with Gasteiger partial charge in [0.05, 0.1) is 25.2 Å². The lowest BCUT2D eigenvalue weighted by atomic mass is 9.75. The van der Waals surface area contributed by atoms with Gasteiger partial charge in [0, 0.05) is 5.39 Å². The Hall–Kier alpha value is -2.77. The van der Waals surface area contributed by atoms with Crippen molar-refractivity contribution in [1.82, 2.24) is 5.32 Å². The highest BCUT2D eigenvalue weighted by Gasteiger charge is 2.27. The molecule has 6 nitrogen and oxygen atoms in total. The molecular weight excluding hydrogens is 357 g/mol. The molecule has 1 aliphatic rings. The SMILES string of the molecule is O=C(Cc1ccc2c(c1)CCCO2)N[C@@H](Cc1coc2ccccc12)B(O)O. The average molecular weight is 379 g/mol. The number of hydrogen-bond acceptors (Lipinski definition) is 5. The van der Waals surface area contributed by atoms with Crippen LogP contribution in [0.25, 0.3) is 11.0 Å². The fraction of sp³-hybridized carbons (Fsp3) is 0.286. The van der Waals surface area contributed by atoms with Gasteiger partial charge in [-0.1, -0.05) is 30.3 Å². The van der Waals surface area contributed by atoms with Gasteiger partial charge in [-0.3, -0.25) is 4.79 Å². The van der Waals surface area contributed by atoms with E-state index >= 15 is 0 Å². The van der Waals surface area contributed by atoms with Crippen LogP contribution >= 0.6 is 0 Å². The van der Waals surface area contributed by atoms with E-state index in [1.54, 1.807) is 6.26 Å². The molecule has 2 heterocycles. The summed E-state index contributed by atoms with van der Waals surface area (Å²) in [6, 6.07) is 13.3. The monoisotopic (exact) mass is 379 g/mol. The van der Waals surface area contributed by atoms with Gasteiger partial charge in [-0.25, -0.2) is 0 Å². The first-order valence-corrected chi connectivity index (χ1v) is 9.45. The molecule has 0 unspecified atom stereocenters. The second kappa shape index (κ2) is 8.08. The lowest BCUT2D eigenvalue weighted by Crippen LogP contribution is -2.48. The van der Waals surface area contributed by atoms with Crippen LogP contribution in [0.4, 0.5) is 0 Å². The van der Waals surface area contributed by atoms with Crippen LogP contribution in [-0.4, -0.2) is 35.6 Å².